The van der Waals surface area contributed by atoms with Crippen molar-refractivity contribution >= 4 is 11.8 Å². The molecule has 1 aromatic heterocycles. The lowest BCUT2D eigenvalue weighted by atomic mass is 10.0. The fourth-order valence-electron chi connectivity index (χ4n) is 3.32. The molecule has 6 nitrogen and oxygen atoms in total. The lowest BCUT2D eigenvalue weighted by molar-refractivity contribution is -0.134. The second kappa shape index (κ2) is 8.67. The number of amides is 2. The zero-order valence-electron chi connectivity index (χ0n) is 15.0. The second-order valence-electron chi connectivity index (χ2n) is 6.61. The largest absolute Gasteiger partial charge is 0.459 e. The summed E-state index contributed by atoms with van der Waals surface area (Å²) in [5, 5.41) is 6.10. The van der Waals surface area contributed by atoms with Crippen LogP contribution in [0.15, 0.2) is 53.1 Å². The Bertz CT molecular complexity index is 715. The molecule has 2 N–H and O–H groups in total. The molecule has 2 atom stereocenters. The lowest BCUT2D eigenvalue weighted by Gasteiger charge is -2.35. The fraction of sp³-hybridized carbons (Fsp3) is 0.400. The van der Waals surface area contributed by atoms with Crippen LogP contribution in [0.5, 0.6) is 0 Å². The topological polar surface area (TPSA) is 74.6 Å². The number of hydrogen-bond acceptors (Lipinski definition) is 4. The molecule has 26 heavy (non-hydrogen) atoms. The van der Waals surface area contributed by atoms with Crippen molar-refractivity contribution in [3.8, 4) is 0 Å². The van der Waals surface area contributed by atoms with Gasteiger partial charge in [-0.15, -0.1) is 0 Å². The first-order chi connectivity index (χ1) is 12.7. The van der Waals surface area contributed by atoms with Gasteiger partial charge in [-0.05, 0) is 37.6 Å². The first-order valence-electron chi connectivity index (χ1n) is 9.01. The molecule has 1 aliphatic heterocycles. The van der Waals surface area contributed by atoms with Crippen molar-refractivity contribution in [2.24, 2.45) is 0 Å². The van der Waals surface area contributed by atoms with Gasteiger partial charge in [-0.2, -0.15) is 0 Å². The van der Waals surface area contributed by atoms with Gasteiger partial charge in [-0.25, -0.2) is 0 Å². The summed E-state index contributed by atoms with van der Waals surface area (Å²) >= 11 is 0. The van der Waals surface area contributed by atoms with Gasteiger partial charge in [0.15, 0.2) is 5.76 Å². The van der Waals surface area contributed by atoms with E-state index in [1.807, 2.05) is 42.3 Å². The lowest BCUT2D eigenvalue weighted by Crippen LogP contribution is -2.54. The van der Waals surface area contributed by atoms with E-state index >= 15 is 0 Å². The van der Waals surface area contributed by atoms with E-state index < -0.39 is 6.04 Å². The Morgan fingerprint density at radius 3 is 2.73 bits per heavy atom. The quantitative estimate of drug-likeness (QED) is 0.829. The van der Waals surface area contributed by atoms with E-state index in [0.717, 1.165) is 24.9 Å². The molecule has 2 aromatic rings. The molecule has 138 valence electrons. The van der Waals surface area contributed by atoms with E-state index in [1.165, 1.54) is 6.26 Å². The summed E-state index contributed by atoms with van der Waals surface area (Å²) in [6.07, 6.45) is 3.92. The van der Waals surface area contributed by atoms with Gasteiger partial charge in [-0.3, -0.25) is 9.59 Å². The smallest absolute Gasteiger partial charge is 0.287 e. The number of rotatable bonds is 6. The SMILES string of the molecule is CNC1CCCN(C(=O)C(Cc2ccccc2)NC(=O)c2ccco2)C1. The normalized spacial score (nSPS) is 18.3. The number of piperidine rings is 1. The van der Waals surface area contributed by atoms with Crippen LogP contribution in [0, 0.1) is 0 Å². The maximum atomic E-state index is 13.1. The summed E-state index contributed by atoms with van der Waals surface area (Å²) in [6.45, 7) is 1.39. The Labute approximate surface area is 153 Å². The molecule has 1 fully saturated rings. The molecule has 0 saturated carbocycles. The van der Waals surface area contributed by atoms with Gasteiger partial charge in [0.25, 0.3) is 5.91 Å². The minimum absolute atomic E-state index is 0.0475. The van der Waals surface area contributed by atoms with Crippen molar-refractivity contribution in [2.75, 3.05) is 20.1 Å². The zero-order valence-corrected chi connectivity index (χ0v) is 15.0. The molecule has 0 spiro atoms. The van der Waals surface area contributed by atoms with Crippen LogP contribution < -0.4 is 10.6 Å². The second-order valence-corrected chi connectivity index (χ2v) is 6.61. The average molecular weight is 355 g/mol. The number of nitrogens with zero attached hydrogens (tertiary/aromatic N) is 1. The minimum Gasteiger partial charge on any atom is -0.459 e. The molecule has 0 radical (unpaired) electrons. The Kier molecular flexibility index (Phi) is 6.07. The Morgan fingerprint density at radius 1 is 1.23 bits per heavy atom. The maximum absolute atomic E-state index is 13.1. The molecular formula is C20H25N3O3. The fourth-order valence-corrected chi connectivity index (χ4v) is 3.32. The molecule has 0 aliphatic carbocycles. The van der Waals surface area contributed by atoms with Crippen LogP contribution in [-0.4, -0.2) is 48.9 Å². The van der Waals surface area contributed by atoms with E-state index in [9.17, 15) is 9.59 Å². The molecule has 2 amide bonds. The first kappa shape index (κ1) is 18.2. The number of likely N-dealkylation sites (tertiary alicyclic amines) is 1. The van der Waals surface area contributed by atoms with Gasteiger partial charge in [-0.1, -0.05) is 30.3 Å². The van der Waals surface area contributed by atoms with Crippen LogP contribution in [-0.2, 0) is 11.2 Å². The molecule has 6 heteroatoms. The molecular weight excluding hydrogens is 330 g/mol. The highest BCUT2D eigenvalue weighted by Crippen LogP contribution is 2.14. The van der Waals surface area contributed by atoms with Gasteiger partial charge in [0, 0.05) is 25.6 Å². The highest BCUT2D eigenvalue weighted by atomic mass is 16.3. The van der Waals surface area contributed by atoms with E-state index in [-0.39, 0.29) is 17.6 Å². The molecule has 1 aromatic carbocycles. The third-order valence-electron chi connectivity index (χ3n) is 4.77. The van der Waals surface area contributed by atoms with Crippen LogP contribution in [0.25, 0.3) is 0 Å². The number of furan rings is 1. The molecule has 1 saturated heterocycles. The van der Waals surface area contributed by atoms with Gasteiger partial charge < -0.3 is 20.0 Å². The summed E-state index contributed by atoms with van der Waals surface area (Å²) in [6, 6.07) is 12.7. The van der Waals surface area contributed by atoms with E-state index in [2.05, 4.69) is 10.6 Å². The number of likely N-dealkylation sites (N-methyl/N-ethyl adjacent to an activating group) is 1. The zero-order chi connectivity index (χ0) is 18.4. The third kappa shape index (κ3) is 4.52. The predicted molar refractivity (Wildman–Crippen MR) is 98.8 cm³/mol. The summed E-state index contributed by atoms with van der Waals surface area (Å²) in [4.78, 5) is 27.4. The summed E-state index contributed by atoms with van der Waals surface area (Å²) < 4.78 is 5.16. The van der Waals surface area contributed by atoms with Crippen molar-refractivity contribution in [1.29, 1.82) is 0 Å². The van der Waals surface area contributed by atoms with Gasteiger partial charge >= 0.3 is 0 Å². The number of benzene rings is 1. The maximum Gasteiger partial charge on any atom is 0.287 e. The van der Waals surface area contributed by atoms with Crippen molar-refractivity contribution in [1.82, 2.24) is 15.5 Å². The Hall–Kier alpha value is -2.60. The highest BCUT2D eigenvalue weighted by molar-refractivity contribution is 5.95. The van der Waals surface area contributed by atoms with Crippen molar-refractivity contribution in [3.63, 3.8) is 0 Å². The van der Waals surface area contributed by atoms with Gasteiger partial charge in [0.1, 0.15) is 6.04 Å². The van der Waals surface area contributed by atoms with Crippen LogP contribution in [0.3, 0.4) is 0 Å². The minimum atomic E-state index is -0.620. The van der Waals surface area contributed by atoms with Crippen LogP contribution in [0.1, 0.15) is 29.0 Å². The number of carbonyl (C=O) groups is 2. The number of nitrogens with one attached hydrogen (secondary N) is 2. The number of hydrogen-bond donors (Lipinski definition) is 2. The molecule has 0 bridgehead atoms. The highest BCUT2D eigenvalue weighted by Gasteiger charge is 2.30. The van der Waals surface area contributed by atoms with E-state index in [1.54, 1.807) is 12.1 Å². The van der Waals surface area contributed by atoms with Crippen LogP contribution >= 0.6 is 0 Å². The molecule has 2 unspecified atom stereocenters. The Morgan fingerprint density at radius 2 is 2.04 bits per heavy atom. The van der Waals surface area contributed by atoms with Crippen molar-refractivity contribution in [2.45, 2.75) is 31.3 Å². The first-order valence-corrected chi connectivity index (χ1v) is 9.01. The standard InChI is InChI=1S/C20H25N3O3/c1-21-16-9-5-11-23(14-16)20(25)17(13-15-7-3-2-4-8-15)22-19(24)18-10-6-12-26-18/h2-4,6-8,10,12,16-17,21H,5,9,11,13-14H2,1H3,(H,22,24). The summed E-state index contributed by atoms with van der Waals surface area (Å²) in [5.74, 6) is -0.206. The summed E-state index contributed by atoms with van der Waals surface area (Å²) in [7, 11) is 1.92. The molecule has 2 heterocycles. The Balaban J connectivity index is 1.75. The molecule has 1 aliphatic rings. The summed E-state index contributed by atoms with van der Waals surface area (Å²) in [5.41, 5.74) is 1.01. The van der Waals surface area contributed by atoms with Crippen molar-refractivity contribution < 1.29 is 14.0 Å². The predicted octanol–water partition coefficient (Wildman–Crippen LogP) is 1.83. The van der Waals surface area contributed by atoms with Crippen LogP contribution in [0.4, 0.5) is 0 Å². The van der Waals surface area contributed by atoms with Gasteiger partial charge in [0.05, 0.1) is 6.26 Å². The number of carbonyl (C=O) groups excluding carboxylic acids is 2. The monoisotopic (exact) mass is 355 g/mol. The van der Waals surface area contributed by atoms with E-state index in [4.69, 9.17) is 4.42 Å². The van der Waals surface area contributed by atoms with Crippen LogP contribution in [0.2, 0.25) is 0 Å². The third-order valence-corrected chi connectivity index (χ3v) is 4.77. The van der Waals surface area contributed by atoms with E-state index in [0.29, 0.717) is 19.0 Å². The average Bonchev–Trinajstić information content (AvgIpc) is 3.23. The van der Waals surface area contributed by atoms with Crippen molar-refractivity contribution in [3.05, 3.63) is 60.1 Å². The van der Waals surface area contributed by atoms with Gasteiger partial charge in [0.2, 0.25) is 5.91 Å². The molecule has 3 rings (SSSR count).